The lowest BCUT2D eigenvalue weighted by molar-refractivity contribution is 0.157. The van der Waals surface area contributed by atoms with Crippen LogP contribution < -0.4 is 10.2 Å². The summed E-state index contributed by atoms with van der Waals surface area (Å²) >= 11 is 1.66. The minimum atomic E-state index is 0.605. The second-order valence-electron chi connectivity index (χ2n) is 5.74. The number of aromatic nitrogens is 1. The fraction of sp³-hybridized carbons (Fsp3) is 0.733. The van der Waals surface area contributed by atoms with Crippen molar-refractivity contribution in [1.82, 2.24) is 15.2 Å². The summed E-state index contributed by atoms with van der Waals surface area (Å²) in [6.07, 6.45) is 1.17. The van der Waals surface area contributed by atoms with E-state index in [2.05, 4.69) is 27.5 Å². The number of nitrogens with one attached hydrogen (secondary N) is 1. The van der Waals surface area contributed by atoms with Crippen molar-refractivity contribution in [2.75, 3.05) is 52.3 Å². The van der Waals surface area contributed by atoms with E-state index in [1.165, 1.54) is 6.42 Å². The van der Waals surface area contributed by atoms with Gasteiger partial charge in [-0.2, -0.15) is 0 Å². The summed E-state index contributed by atoms with van der Waals surface area (Å²) in [6.45, 7) is 6.49. The van der Waals surface area contributed by atoms with E-state index >= 15 is 0 Å². The van der Waals surface area contributed by atoms with Gasteiger partial charge in [-0.25, -0.2) is 9.98 Å². The number of hydrogen-bond acceptors (Lipinski definition) is 5. The van der Waals surface area contributed by atoms with Gasteiger partial charge < -0.3 is 19.9 Å². The van der Waals surface area contributed by atoms with Crippen molar-refractivity contribution >= 4 is 22.4 Å². The number of methoxy groups -OCH3 is 1. The molecule has 0 aromatic carbocycles. The molecule has 2 heterocycles. The lowest BCUT2D eigenvalue weighted by atomic mass is 10.1. The number of aliphatic imine (C=N–C) groups is 1. The Kier molecular flexibility index (Phi) is 6.45. The summed E-state index contributed by atoms with van der Waals surface area (Å²) in [4.78, 5) is 13.7. The monoisotopic (exact) mass is 325 g/mol. The van der Waals surface area contributed by atoms with E-state index < -0.39 is 0 Å². The number of hydrogen-bond donors (Lipinski definition) is 1. The van der Waals surface area contributed by atoms with Gasteiger partial charge in [-0.1, -0.05) is 0 Å². The largest absolute Gasteiger partial charge is 0.384 e. The summed E-state index contributed by atoms with van der Waals surface area (Å²) in [6, 6.07) is 0. The van der Waals surface area contributed by atoms with Crippen LogP contribution in [0.25, 0.3) is 0 Å². The fourth-order valence-electron chi connectivity index (χ4n) is 2.55. The Morgan fingerprint density at radius 1 is 1.59 bits per heavy atom. The summed E-state index contributed by atoms with van der Waals surface area (Å²) in [5, 5.41) is 6.50. The van der Waals surface area contributed by atoms with Gasteiger partial charge in [-0.15, -0.1) is 11.3 Å². The Balaban J connectivity index is 1.97. The molecule has 124 valence electrons. The highest BCUT2D eigenvalue weighted by atomic mass is 32.1. The Morgan fingerprint density at radius 2 is 2.41 bits per heavy atom. The molecule has 2 rings (SSSR count). The van der Waals surface area contributed by atoms with Crippen LogP contribution in [0.15, 0.2) is 10.4 Å². The van der Waals surface area contributed by atoms with Crippen LogP contribution in [0.4, 0.5) is 5.13 Å². The first kappa shape index (κ1) is 17.0. The Morgan fingerprint density at radius 3 is 3.05 bits per heavy atom. The molecule has 1 aliphatic heterocycles. The first-order chi connectivity index (χ1) is 10.6. The average Bonchev–Trinajstić information content (AvgIpc) is 3.13. The van der Waals surface area contributed by atoms with E-state index in [0.717, 1.165) is 43.0 Å². The summed E-state index contributed by atoms with van der Waals surface area (Å²) in [5.74, 6) is 1.59. The first-order valence-corrected chi connectivity index (χ1v) is 8.66. The lowest BCUT2D eigenvalue weighted by Crippen LogP contribution is -2.40. The van der Waals surface area contributed by atoms with Crippen LogP contribution in [0.3, 0.4) is 0 Å². The molecule has 22 heavy (non-hydrogen) atoms. The van der Waals surface area contributed by atoms with Gasteiger partial charge >= 0.3 is 0 Å². The highest BCUT2D eigenvalue weighted by Gasteiger charge is 2.24. The van der Waals surface area contributed by atoms with E-state index in [1.54, 1.807) is 18.4 Å². The van der Waals surface area contributed by atoms with E-state index in [4.69, 9.17) is 9.73 Å². The van der Waals surface area contributed by atoms with Gasteiger partial charge in [0, 0.05) is 52.1 Å². The summed E-state index contributed by atoms with van der Waals surface area (Å²) < 4.78 is 5.27. The molecule has 1 fully saturated rings. The van der Waals surface area contributed by atoms with E-state index in [1.807, 2.05) is 19.0 Å². The molecular formula is C15H27N5OS. The van der Waals surface area contributed by atoms with Gasteiger partial charge in [-0.05, 0) is 13.3 Å². The topological polar surface area (TPSA) is 53.0 Å². The SMILES string of the molecule is CCNC(=NCc1csc(N(C)C)n1)N1CC[C@@H](COC)C1. The molecular weight excluding hydrogens is 298 g/mol. The molecule has 0 spiro atoms. The molecule has 1 N–H and O–H groups in total. The number of rotatable bonds is 6. The van der Waals surface area contributed by atoms with E-state index in [0.29, 0.717) is 12.5 Å². The van der Waals surface area contributed by atoms with Crippen molar-refractivity contribution < 1.29 is 4.74 Å². The molecule has 6 nitrogen and oxygen atoms in total. The molecule has 0 radical (unpaired) electrons. The van der Waals surface area contributed by atoms with Crippen LogP contribution >= 0.6 is 11.3 Å². The third-order valence-electron chi connectivity index (χ3n) is 3.64. The fourth-order valence-corrected chi connectivity index (χ4v) is 3.30. The number of guanidine groups is 1. The minimum Gasteiger partial charge on any atom is -0.384 e. The summed E-state index contributed by atoms with van der Waals surface area (Å²) in [5.41, 5.74) is 1.02. The van der Waals surface area contributed by atoms with E-state index in [-0.39, 0.29) is 0 Å². The zero-order chi connectivity index (χ0) is 15.9. The van der Waals surface area contributed by atoms with Crippen LogP contribution in [-0.2, 0) is 11.3 Å². The molecule has 0 saturated carbocycles. The number of ether oxygens (including phenoxy) is 1. The maximum atomic E-state index is 5.27. The maximum absolute atomic E-state index is 5.27. The molecule has 1 atom stereocenters. The molecule has 1 saturated heterocycles. The third kappa shape index (κ3) is 4.58. The van der Waals surface area contributed by atoms with Gasteiger partial charge in [0.25, 0.3) is 0 Å². The van der Waals surface area contributed by atoms with Crippen LogP contribution in [0.1, 0.15) is 19.0 Å². The van der Waals surface area contributed by atoms with Crippen molar-refractivity contribution in [2.24, 2.45) is 10.9 Å². The van der Waals surface area contributed by atoms with Gasteiger partial charge in [0.2, 0.25) is 0 Å². The van der Waals surface area contributed by atoms with Gasteiger partial charge in [-0.3, -0.25) is 0 Å². The van der Waals surface area contributed by atoms with Gasteiger partial charge in [0.1, 0.15) is 0 Å². The minimum absolute atomic E-state index is 0.605. The number of thiazole rings is 1. The highest BCUT2D eigenvalue weighted by molar-refractivity contribution is 7.13. The molecule has 7 heteroatoms. The Hall–Kier alpha value is -1.34. The Labute approximate surface area is 137 Å². The predicted molar refractivity (Wildman–Crippen MR) is 92.8 cm³/mol. The lowest BCUT2D eigenvalue weighted by Gasteiger charge is -2.21. The quantitative estimate of drug-likeness (QED) is 0.636. The smallest absolute Gasteiger partial charge is 0.194 e. The van der Waals surface area contributed by atoms with Gasteiger partial charge in [0.05, 0.1) is 18.8 Å². The average molecular weight is 325 g/mol. The maximum Gasteiger partial charge on any atom is 0.194 e. The molecule has 0 aliphatic carbocycles. The van der Waals surface area contributed by atoms with Crippen molar-refractivity contribution in [3.05, 3.63) is 11.1 Å². The zero-order valence-electron chi connectivity index (χ0n) is 14.0. The second kappa shape index (κ2) is 8.33. The predicted octanol–water partition coefficient (Wildman–Crippen LogP) is 1.64. The molecule has 0 amide bonds. The van der Waals surface area contributed by atoms with E-state index in [9.17, 15) is 0 Å². The normalized spacial score (nSPS) is 18.8. The number of nitrogens with zero attached hydrogens (tertiary/aromatic N) is 4. The van der Waals surface area contributed by atoms with Crippen molar-refractivity contribution in [2.45, 2.75) is 19.9 Å². The number of likely N-dealkylation sites (tertiary alicyclic amines) is 1. The first-order valence-electron chi connectivity index (χ1n) is 7.78. The van der Waals surface area contributed by atoms with Crippen molar-refractivity contribution in [3.63, 3.8) is 0 Å². The molecule has 1 aromatic rings. The highest BCUT2D eigenvalue weighted by Crippen LogP contribution is 2.19. The molecule has 1 aromatic heterocycles. The second-order valence-corrected chi connectivity index (χ2v) is 6.58. The summed E-state index contributed by atoms with van der Waals surface area (Å²) in [7, 11) is 5.79. The zero-order valence-corrected chi connectivity index (χ0v) is 14.8. The standard InChI is InChI=1S/C15H27N5OS/c1-5-16-14(20-7-6-12(9-20)10-21-4)17-8-13-11-22-15(18-13)19(2)3/h11-12H,5-10H2,1-4H3,(H,16,17)/t12-/m1/s1. The van der Waals surface area contributed by atoms with Gasteiger partial charge in [0.15, 0.2) is 11.1 Å². The number of anilines is 1. The molecule has 0 unspecified atom stereocenters. The van der Waals surface area contributed by atoms with Crippen LogP contribution in [0, 0.1) is 5.92 Å². The third-order valence-corrected chi connectivity index (χ3v) is 4.69. The Bertz CT molecular complexity index is 488. The van der Waals surface area contributed by atoms with Crippen LogP contribution in [-0.4, -0.2) is 63.3 Å². The van der Waals surface area contributed by atoms with Crippen LogP contribution in [0.5, 0.6) is 0 Å². The van der Waals surface area contributed by atoms with Crippen molar-refractivity contribution in [3.8, 4) is 0 Å². The molecule has 1 aliphatic rings. The van der Waals surface area contributed by atoms with Crippen molar-refractivity contribution in [1.29, 1.82) is 0 Å². The molecule has 0 bridgehead atoms. The van der Waals surface area contributed by atoms with Crippen LogP contribution in [0.2, 0.25) is 0 Å².